The lowest BCUT2D eigenvalue weighted by Crippen LogP contribution is -2.52. The summed E-state index contributed by atoms with van der Waals surface area (Å²) in [6.07, 6.45) is -8.57. The van der Waals surface area contributed by atoms with Crippen LogP contribution in [0.15, 0.2) is 0 Å². The molecule has 0 unspecified atom stereocenters. The first kappa shape index (κ1) is 19.1. The van der Waals surface area contributed by atoms with Crippen molar-refractivity contribution in [3.8, 4) is 0 Å². The van der Waals surface area contributed by atoms with Gasteiger partial charge in [0.15, 0.2) is 6.10 Å². The van der Waals surface area contributed by atoms with E-state index in [0.717, 1.165) is 6.92 Å². The van der Waals surface area contributed by atoms with Crippen molar-refractivity contribution in [2.75, 3.05) is 6.61 Å². The number of hydrogen-bond acceptors (Lipinski definition) is 8. The van der Waals surface area contributed by atoms with Gasteiger partial charge in [-0.1, -0.05) is 0 Å². The minimum Gasteiger partial charge on any atom is -0.388 e. The van der Waals surface area contributed by atoms with Crippen LogP contribution in [0.5, 0.6) is 0 Å². The molecule has 0 fully saturated rings. The molecule has 2 amide bonds. The number of nitrogens with one attached hydrogen (secondary N) is 1. The van der Waals surface area contributed by atoms with E-state index in [1.165, 1.54) is 0 Å². The van der Waals surface area contributed by atoms with Crippen molar-refractivity contribution in [1.29, 1.82) is 0 Å². The van der Waals surface area contributed by atoms with E-state index in [0.29, 0.717) is 0 Å². The van der Waals surface area contributed by atoms with E-state index in [9.17, 15) is 34.6 Å². The number of phosphoric acid groups is 1. The molecule has 0 radical (unpaired) electrons. The van der Waals surface area contributed by atoms with Crippen LogP contribution >= 0.6 is 7.82 Å². The summed E-state index contributed by atoms with van der Waals surface area (Å²) in [5.41, 5.74) is 0. The number of carbonyl (C=O) groups excluding carboxylic acids is 2. The molecule has 0 aromatic rings. The standard InChI is InChI=1S/C8H16NO10P/c1-3(10)9-8(15)7(14)6(13)5(12)4(11)2-19-20(16,17)18/h4-7,11-14H,2H2,1H3,(H,9,10,15)(H2,16,17,18)/t4-,5-,6+,7+/m1/s1. The van der Waals surface area contributed by atoms with Crippen molar-refractivity contribution in [3.63, 3.8) is 0 Å². The summed E-state index contributed by atoms with van der Waals surface area (Å²) in [5, 5.41) is 39.0. The fourth-order valence-corrected chi connectivity index (χ4v) is 1.44. The van der Waals surface area contributed by atoms with Gasteiger partial charge in [0.2, 0.25) is 5.91 Å². The highest BCUT2D eigenvalue weighted by molar-refractivity contribution is 7.46. The van der Waals surface area contributed by atoms with Crippen molar-refractivity contribution in [2.24, 2.45) is 0 Å². The van der Waals surface area contributed by atoms with Crippen LogP contribution in [0.4, 0.5) is 0 Å². The summed E-state index contributed by atoms with van der Waals surface area (Å²) in [5.74, 6) is -2.13. The molecule has 118 valence electrons. The van der Waals surface area contributed by atoms with Gasteiger partial charge >= 0.3 is 7.82 Å². The van der Waals surface area contributed by atoms with Gasteiger partial charge in [-0.15, -0.1) is 0 Å². The molecule has 0 aromatic carbocycles. The maximum absolute atomic E-state index is 11.1. The van der Waals surface area contributed by atoms with Crippen LogP contribution in [0, 0.1) is 0 Å². The van der Waals surface area contributed by atoms with Crippen LogP contribution in [0.3, 0.4) is 0 Å². The molecule has 4 atom stereocenters. The minimum atomic E-state index is -4.89. The first-order valence-corrected chi connectivity index (χ1v) is 6.72. The zero-order chi connectivity index (χ0) is 16.1. The Morgan fingerprint density at radius 2 is 1.65 bits per heavy atom. The van der Waals surface area contributed by atoms with E-state index < -0.39 is 50.7 Å². The van der Waals surface area contributed by atoms with Crippen LogP contribution < -0.4 is 5.32 Å². The van der Waals surface area contributed by atoms with Gasteiger partial charge in [-0.2, -0.15) is 0 Å². The van der Waals surface area contributed by atoms with Crippen LogP contribution in [0.1, 0.15) is 6.92 Å². The molecular weight excluding hydrogens is 301 g/mol. The number of aliphatic hydroxyl groups excluding tert-OH is 4. The minimum absolute atomic E-state index is 0.818. The molecule has 0 aliphatic rings. The zero-order valence-corrected chi connectivity index (χ0v) is 11.2. The van der Waals surface area contributed by atoms with E-state index in [-0.39, 0.29) is 0 Å². The van der Waals surface area contributed by atoms with Crippen molar-refractivity contribution in [2.45, 2.75) is 31.3 Å². The lowest BCUT2D eigenvalue weighted by atomic mass is 10.0. The van der Waals surface area contributed by atoms with E-state index in [2.05, 4.69) is 4.52 Å². The zero-order valence-electron chi connectivity index (χ0n) is 10.3. The number of phosphoric ester groups is 1. The third kappa shape index (κ3) is 7.03. The van der Waals surface area contributed by atoms with Crippen LogP contribution in [-0.4, -0.2) is 73.1 Å². The quantitative estimate of drug-likeness (QED) is 0.229. The molecular formula is C8H16NO10P. The number of hydrogen-bond donors (Lipinski definition) is 7. The Bertz CT molecular complexity index is 395. The van der Waals surface area contributed by atoms with E-state index in [1.807, 2.05) is 0 Å². The molecule has 0 rings (SSSR count). The third-order valence-corrected chi connectivity index (χ3v) is 2.53. The lowest BCUT2D eigenvalue weighted by Gasteiger charge is -2.25. The number of rotatable bonds is 7. The molecule has 0 spiro atoms. The van der Waals surface area contributed by atoms with Gasteiger partial charge in [-0.25, -0.2) is 4.57 Å². The molecule has 0 saturated heterocycles. The van der Waals surface area contributed by atoms with Gasteiger partial charge < -0.3 is 30.2 Å². The van der Waals surface area contributed by atoms with Gasteiger partial charge in [-0.05, 0) is 0 Å². The van der Waals surface area contributed by atoms with Crippen molar-refractivity contribution < 1.29 is 48.9 Å². The fraction of sp³-hybridized carbons (Fsp3) is 0.750. The highest BCUT2D eigenvalue weighted by Gasteiger charge is 2.35. The molecule has 0 aromatic heterocycles. The topological polar surface area (TPSA) is 194 Å². The summed E-state index contributed by atoms with van der Waals surface area (Å²) in [4.78, 5) is 38.4. The smallest absolute Gasteiger partial charge is 0.388 e. The monoisotopic (exact) mass is 317 g/mol. The van der Waals surface area contributed by atoms with E-state index >= 15 is 0 Å². The summed E-state index contributed by atoms with van der Waals surface area (Å²) < 4.78 is 14.2. The molecule has 0 aliphatic carbocycles. The summed E-state index contributed by atoms with van der Waals surface area (Å²) in [6.45, 7) is -0.0836. The Morgan fingerprint density at radius 3 is 2.05 bits per heavy atom. The summed E-state index contributed by atoms with van der Waals surface area (Å²) in [7, 11) is -4.89. The first-order valence-electron chi connectivity index (χ1n) is 5.19. The Kier molecular flexibility index (Phi) is 7.41. The van der Waals surface area contributed by atoms with Crippen molar-refractivity contribution >= 4 is 19.6 Å². The van der Waals surface area contributed by atoms with Crippen LogP contribution in [0.2, 0.25) is 0 Å². The molecule has 20 heavy (non-hydrogen) atoms. The second kappa shape index (κ2) is 7.76. The Labute approximate surface area is 113 Å². The molecule has 0 heterocycles. The lowest BCUT2D eigenvalue weighted by molar-refractivity contribution is -0.150. The molecule has 0 bridgehead atoms. The predicted octanol–water partition coefficient (Wildman–Crippen LogP) is -3.80. The number of carbonyl (C=O) groups is 2. The van der Waals surface area contributed by atoms with Gasteiger partial charge in [0.1, 0.15) is 18.3 Å². The summed E-state index contributed by atoms with van der Waals surface area (Å²) in [6, 6.07) is 0. The molecule has 12 heteroatoms. The highest BCUT2D eigenvalue weighted by atomic mass is 31.2. The Balaban J connectivity index is 4.51. The predicted molar refractivity (Wildman–Crippen MR) is 60.8 cm³/mol. The Morgan fingerprint density at radius 1 is 1.15 bits per heavy atom. The largest absolute Gasteiger partial charge is 0.469 e. The van der Waals surface area contributed by atoms with Gasteiger partial charge in [0, 0.05) is 6.92 Å². The molecule has 11 nitrogen and oxygen atoms in total. The third-order valence-electron chi connectivity index (χ3n) is 2.05. The average Bonchev–Trinajstić information content (AvgIpc) is 2.31. The SMILES string of the molecule is CC(=O)NC(=O)[C@@H](O)[C@@H](O)[C@H](O)[C@H](O)COP(=O)(O)O. The second-order valence-electron chi connectivity index (χ2n) is 3.83. The Hall–Kier alpha value is -0.910. The van der Waals surface area contributed by atoms with Gasteiger partial charge in [-0.3, -0.25) is 19.4 Å². The highest BCUT2D eigenvalue weighted by Crippen LogP contribution is 2.35. The maximum Gasteiger partial charge on any atom is 0.469 e. The molecule has 7 N–H and O–H groups in total. The van der Waals surface area contributed by atoms with E-state index in [4.69, 9.17) is 9.79 Å². The fourth-order valence-electron chi connectivity index (χ4n) is 1.09. The van der Waals surface area contributed by atoms with Crippen molar-refractivity contribution in [3.05, 3.63) is 0 Å². The normalized spacial score (nSPS) is 17.9. The summed E-state index contributed by atoms with van der Waals surface area (Å²) >= 11 is 0. The van der Waals surface area contributed by atoms with Crippen LogP contribution in [-0.2, 0) is 18.7 Å². The number of imide groups is 1. The second-order valence-corrected chi connectivity index (χ2v) is 5.06. The number of amides is 2. The maximum atomic E-state index is 11.1. The van der Waals surface area contributed by atoms with Crippen molar-refractivity contribution in [1.82, 2.24) is 5.32 Å². The van der Waals surface area contributed by atoms with Crippen LogP contribution in [0.25, 0.3) is 0 Å². The van der Waals surface area contributed by atoms with Gasteiger partial charge in [0.05, 0.1) is 6.61 Å². The van der Waals surface area contributed by atoms with E-state index in [1.54, 1.807) is 5.32 Å². The molecule has 0 saturated carbocycles. The first-order chi connectivity index (χ1) is 8.95. The van der Waals surface area contributed by atoms with Gasteiger partial charge in [0.25, 0.3) is 5.91 Å². The number of aliphatic hydroxyl groups is 4. The average molecular weight is 317 g/mol. The molecule has 0 aliphatic heterocycles.